The van der Waals surface area contributed by atoms with Crippen molar-refractivity contribution in [2.24, 2.45) is 0 Å². The number of hydrogen-bond acceptors (Lipinski definition) is 10. The van der Waals surface area contributed by atoms with Crippen LogP contribution in [0.5, 0.6) is 5.75 Å². The van der Waals surface area contributed by atoms with Gasteiger partial charge >= 0.3 is 11.9 Å². The number of methoxy groups -OCH3 is 1. The van der Waals surface area contributed by atoms with Gasteiger partial charge in [0.15, 0.2) is 6.23 Å². The Morgan fingerprint density at radius 3 is 2.25 bits per heavy atom. The third-order valence-corrected chi connectivity index (χ3v) is 7.65. The van der Waals surface area contributed by atoms with Crippen LogP contribution in [0.2, 0.25) is 0 Å². The highest BCUT2D eigenvalue weighted by atomic mass is 32.1. The molecule has 13 heteroatoms. The van der Waals surface area contributed by atoms with Crippen LogP contribution in [0.25, 0.3) is 0 Å². The Morgan fingerprint density at radius 1 is 1.05 bits per heavy atom. The lowest BCUT2D eigenvalue weighted by molar-refractivity contribution is -0.142. The standard InChI is InChI=1S/C27H36N4O7S2/c1-16(30(2)25(33)20(14-39)28-11-12-29-21(15-40)26(34)35)38-18-6-4-17(5-7-18)24(32)23-9-8-22-19(27(36)37-3)10-13-31(22)23/h4-9,16,19-21,28-29,39-40H,10-15H2,1-3H3,(H,34,35)/t16?,19?,20-,21-/m0/s1. The Hall–Kier alpha value is -3.00. The van der Waals surface area contributed by atoms with Crippen molar-refractivity contribution in [3.63, 3.8) is 0 Å². The lowest BCUT2D eigenvalue weighted by Crippen LogP contribution is -2.52. The van der Waals surface area contributed by atoms with Gasteiger partial charge in [-0.2, -0.15) is 25.3 Å². The molecule has 0 saturated heterocycles. The van der Waals surface area contributed by atoms with Crippen LogP contribution in [0.4, 0.5) is 0 Å². The minimum Gasteiger partial charge on any atom is -0.480 e. The number of amides is 1. The van der Waals surface area contributed by atoms with Crippen LogP contribution in [0.3, 0.4) is 0 Å². The summed E-state index contributed by atoms with van der Waals surface area (Å²) in [5.74, 6) is -1.16. The maximum absolute atomic E-state index is 13.2. The number of esters is 1. The number of carboxylic acids is 1. The highest BCUT2D eigenvalue weighted by Crippen LogP contribution is 2.32. The van der Waals surface area contributed by atoms with Crippen LogP contribution in [0, 0.1) is 0 Å². The molecule has 1 amide bonds. The molecule has 3 rings (SSSR count). The van der Waals surface area contributed by atoms with E-state index in [0.717, 1.165) is 5.69 Å². The fourth-order valence-electron chi connectivity index (χ4n) is 4.51. The summed E-state index contributed by atoms with van der Waals surface area (Å²) >= 11 is 8.29. The van der Waals surface area contributed by atoms with Crippen LogP contribution in [0.15, 0.2) is 36.4 Å². The van der Waals surface area contributed by atoms with E-state index >= 15 is 0 Å². The molecule has 1 aliphatic rings. The molecular formula is C27H36N4O7S2. The van der Waals surface area contributed by atoms with Crippen molar-refractivity contribution in [2.45, 2.75) is 44.1 Å². The Labute approximate surface area is 244 Å². The van der Waals surface area contributed by atoms with Gasteiger partial charge in [0.25, 0.3) is 0 Å². The van der Waals surface area contributed by atoms with Crippen molar-refractivity contribution in [1.29, 1.82) is 0 Å². The van der Waals surface area contributed by atoms with Crippen LogP contribution < -0.4 is 15.4 Å². The fraction of sp³-hybridized carbons (Fsp3) is 0.481. The molecule has 3 N–H and O–H groups in total. The van der Waals surface area contributed by atoms with Crippen LogP contribution in [-0.2, 0) is 25.7 Å². The molecule has 1 aromatic heterocycles. The van der Waals surface area contributed by atoms with E-state index < -0.39 is 24.3 Å². The number of hydrogen-bond donors (Lipinski definition) is 5. The molecule has 218 valence electrons. The van der Waals surface area contributed by atoms with Gasteiger partial charge in [-0.15, -0.1) is 0 Å². The van der Waals surface area contributed by atoms with Crippen molar-refractivity contribution in [3.8, 4) is 5.75 Å². The van der Waals surface area contributed by atoms with Gasteiger partial charge in [-0.1, -0.05) is 0 Å². The van der Waals surface area contributed by atoms with E-state index in [0.29, 0.717) is 43.1 Å². The number of carbonyl (C=O) groups is 4. The number of ether oxygens (including phenoxy) is 2. The molecule has 0 saturated carbocycles. The van der Waals surface area contributed by atoms with Gasteiger partial charge in [0.05, 0.1) is 24.8 Å². The second kappa shape index (κ2) is 14.6. The molecule has 40 heavy (non-hydrogen) atoms. The van der Waals surface area contributed by atoms with Gasteiger partial charge in [0.2, 0.25) is 11.7 Å². The van der Waals surface area contributed by atoms with E-state index in [1.807, 2.05) is 4.57 Å². The molecule has 0 fully saturated rings. The summed E-state index contributed by atoms with van der Waals surface area (Å²) in [6.07, 6.45) is -0.0111. The predicted octanol–water partition coefficient (Wildman–Crippen LogP) is 1.42. The summed E-state index contributed by atoms with van der Waals surface area (Å²) in [6, 6.07) is 8.84. The van der Waals surface area contributed by atoms with E-state index in [4.69, 9.17) is 14.6 Å². The molecule has 2 heterocycles. The third-order valence-electron chi connectivity index (χ3n) is 6.92. The molecule has 1 aliphatic heterocycles. The lowest BCUT2D eigenvalue weighted by atomic mass is 10.1. The molecule has 0 radical (unpaired) electrons. The summed E-state index contributed by atoms with van der Waals surface area (Å²) in [5.41, 5.74) is 1.77. The second-order valence-electron chi connectivity index (χ2n) is 9.40. The molecule has 0 bridgehead atoms. The Kier molecular flexibility index (Phi) is 11.5. The first kappa shape index (κ1) is 31.5. The topological polar surface area (TPSA) is 139 Å². The van der Waals surface area contributed by atoms with Crippen LogP contribution in [-0.4, -0.2) is 95.3 Å². The maximum atomic E-state index is 13.2. The number of nitrogens with zero attached hydrogens (tertiary/aromatic N) is 2. The van der Waals surface area contributed by atoms with Crippen molar-refractivity contribution >= 4 is 48.9 Å². The maximum Gasteiger partial charge on any atom is 0.321 e. The van der Waals surface area contributed by atoms with Gasteiger partial charge in [0, 0.05) is 49.4 Å². The number of aromatic nitrogens is 1. The highest BCUT2D eigenvalue weighted by molar-refractivity contribution is 7.80. The number of thiol groups is 2. The highest BCUT2D eigenvalue weighted by Gasteiger charge is 2.32. The second-order valence-corrected chi connectivity index (χ2v) is 10.1. The van der Waals surface area contributed by atoms with Gasteiger partial charge in [0.1, 0.15) is 11.8 Å². The zero-order valence-corrected chi connectivity index (χ0v) is 24.5. The van der Waals surface area contributed by atoms with E-state index in [1.165, 1.54) is 12.0 Å². The first-order valence-electron chi connectivity index (χ1n) is 12.9. The Bertz CT molecular complexity index is 1200. The Balaban J connectivity index is 1.55. The summed E-state index contributed by atoms with van der Waals surface area (Å²) in [6.45, 7) is 3.01. The number of likely N-dealkylation sites (N-methyl/N-ethyl adjacent to an activating group) is 1. The van der Waals surface area contributed by atoms with Gasteiger partial charge < -0.3 is 34.7 Å². The average Bonchev–Trinajstić information content (AvgIpc) is 3.56. The molecule has 4 atom stereocenters. The van der Waals surface area contributed by atoms with Gasteiger partial charge in [-0.05, 0) is 49.7 Å². The first-order valence-corrected chi connectivity index (χ1v) is 14.2. The van der Waals surface area contributed by atoms with E-state index in [9.17, 15) is 19.2 Å². The number of carbonyl (C=O) groups excluding carboxylic acids is 3. The van der Waals surface area contributed by atoms with Crippen molar-refractivity contribution in [2.75, 3.05) is 38.8 Å². The summed E-state index contributed by atoms with van der Waals surface area (Å²) in [4.78, 5) is 50.7. The molecule has 2 aromatic rings. The van der Waals surface area contributed by atoms with Gasteiger partial charge in [-0.25, -0.2) is 0 Å². The fourth-order valence-corrected chi connectivity index (χ4v) is 5.08. The van der Waals surface area contributed by atoms with Crippen molar-refractivity contribution in [1.82, 2.24) is 20.1 Å². The predicted molar refractivity (Wildman–Crippen MR) is 155 cm³/mol. The van der Waals surface area contributed by atoms with E-state index in [-0.39, 0.29) is 35.1 Å². The summed E-state index contributed by atoms with van der Waals surface area (Å²) < 4.78 is 12.7. The normalized spacial score (nSPS) is 16.5. The molecule has 2 unspecified atom stereocenters. The SMILES string of the molecule is COC(=O)C1CCn2c(C(=O)c3ccc(OC(C)N(C)C(=O)[C@H](CS)NCCN[C@@H](CS)C(=O)O)cc3)ccc21. The van der Waals surface area contributed by atoms with E-state index in [1.54, 1.807) is 50.4 Å². The molecular weight excluding hydrogens is 556 g/mol. The molecule has 0 aliphatic carbocycles. The lowest BCUT2D eigenvalue weighted by Gasteiger charge is -2.29. The van der Waals surface area contributed by atoms with Gasteiger partial charge in [-0.3, -0.25) is 19.2 Å². The number of aliphatic carboxylic acids is 1. The largest absolute Gasteiger partial charge is 0.480 e. The smallest absolute Gasteiger partial charge is 0.321 e. The zero-order valence-electron chi connectivity index (χ0n) is 22.7. The number of ketones is 1. The first-order chi connectivity index (χ1) is 19.1. The third kappa shape index (κ3) is 7.39. The average molecular weight is 593 g/mol. The Morgan fingerprint density at radius 2 is 1.68 bits per heavy atom. The van der Waals surface area contributed by atoms with Crippen LogP contribution >= 0.6 is 25.3 Å². The number of benzene rings is 1. The van der Waals surface area contributed by atoms with E-state index in [2.05, 4.69) is 35.9 Å². The number of carboxylic acid groups (broad SMARTS) is 1. The molecule has 0 spiro atoms. The zero-order chi connectivity index (χ0) is 29.4. The molecule has 1 aromatic carbocycles. The number of fused-ring (bicyclic) bond motifs is 1. The monoisotopic (exact) mass is 592 g/mol. The summed E-state index contributed by atoms with van der Waals surface area (Å²) in [7, 11) is 2.98. The number of rotatable bonds is 15. The van der Waals surface area contributed by atoms with Crippen molar-refractivity contribution < 1.29 is 33.8 Å². The minimum absolute atomic E-state index is 0.156. The minimum atomic E-state index is -0.984. The summed E-state index contributed by atoms with van der Waals surface area (Å²) in [5, 5.41) is 15.0. The molecule has 11 nitrogen and oxygen atoms in total. The van der Waals surface area contributed by atoms with Crippen LogP contribution in [0.1, 0.15) is 41.0 Å². The van der Waals surface area contributed by atoms with Crippen molar-refractivity contribution in [3.05, 3.63) is 53.3 Å². The number of nitrogens with one attached hydrogen (secondary N) is 2. The quantitative estimate of drug-likeness (QED) is 0.0683.